The van der Waals surface area contributed by atoms with Gasteiger partial charge in [-0.1, -0.05) is 126 Å². The maximum Gasteiger partial charge on any atom is 0.353 e. The van der Waals surface area contributed by atoms with Crippen molar-refractivity contribution in [3.63, 3.8) is 0 Å². The highest BCUT2D eigenvalue weighted by Gasteiger charge is 2.11. The zero-order chi connectivity index (χ0) is 27.2. The van der Waals surface area contributed by atoms with Crippen LogP contribution in [-0.2, 0) is 0 Å². The Morgan fingerprint density at radius 3 is 0.923 bits per heavy atom. The smallest absolute Gasteiger partial charge is 0.315 e. The predicted molar refractivity (Wildman–Crippen MR) is 161 cm³/mol. The van der Waals surface area contributed by atoms with Gasteiger partial charge in [-0.3, -0.25) is 0 Å². The molecule has 0 spiro atoms. The van der Waals surface area contributed by atoms with E-state index in [1.807, 2.05) is 0 Å². The van der Waals surface area contributed by atoms with Gasteiger partial charge in [-0.2, -0.15) is 9.97 Å². The first-order valence-electron chi connectivity index (χ1n) is 16.2. The molecule has 2 fully saturated rings. The van der Waals surface area contributed by atoms with Crippen LogP contribution in [0.3, 0.4) is 0 Å². The molecule has 7 nitrogen and oxygen atoms in total. The van der Waals surface area contributed by atoms with Gasteiger partial charge in [-0.25, -0.2) is 0 Å². The average molecular weight is 562 g/mol. The molecule has 0 radical (unpaired) electrons. The van der Waals surface area contributed by atoms with Gasteiger partial charge in [0, 0.05) is 0 Å². The van der Waals surface area contributed by atoms with Crippen LogP contribution in [0.4, 0.5) is 0 Å². The summed E-state index contributed by atoms with van der Waals surface area (Å²) in [5.41, 5.74) is 2.15. The van der Waals surface area contributed by atoms with Crippen LogP contribution in [0.5, 0.6) is 12.0 Å². The highest BCUT2D eigenvalue weighted by molar-refractivity contribution is 6.28. The lowest BCUT2D eigenvalue weighted by Crippen LogP contribution is -2.06. The quantitative estimate of drug-likeness (QED) is 0.341. The van der Waals surface area contributed by atoms with Crippen molar-refractivity contribution >= 4 is 23.0 Å². The summed E-state index contributed by atoms with van der Waals surface area (Å²) in [5, 5.41) is 8.91. The molecular weight excluding hydrogens is 510 g/mol. The first-order valence-corrected chi connectivity index (χ1v) is 16.5. The fraction of sp³-hybridized carbons (Fsp3) is 0.839. The summed E-state index contributed by atoms with van der Waals surface area (Å²) in [7, 11) is 0. The van der Waals surface area contributed by atoms with Gasteiger partial charge in [0.25, 0.3) is 0 Å². The number of hydrogen-bond donors (Lipinski definition) is 0. The molecule has 0 N–H and O–H groups in total. The molecule has 2 saturated carbocycles. The van der Waals surface area contributed by atoms with E-state index in [4.69, 9.17) is 21.3 Å². The van der Waals surface area contributed by atoms with Crippen LogP contribution in [0.2, 0.25) is 5.28 Å². The molecule has 0 amide bonds. The molecule has 220 valence electrons. The molecule has 1 aromatic rings. The number of aromatic nitrogens is 3. The normalized spacial score (nSPS) is 20.7. The highest BCUT2D eigenvalue weighted by Crippen LogP contribution is 2.19. The van der Waals surface area contributed by atoms with Crippen LogP contribution in [-0.4, -0.2) is 26.4 Å². The summed E-state index contributed by atoms with van der Waals surface area (Å²) in [5.74, 6) is 0. The van der Waals surface area contributed by atoms with E-state index in [1.54, 1.807) is 0 Å². The molecule has 0 bridgehead atoms. The molecule has 0 saturated heterocycles. The lowest BCUT2D eigenvalue weighted by Gasteiger charge is -2.09. The fourth-order valence-electron chi connectivity index (χ4n) is 5.54. The number of rotatable bonds is 4. The van der Waals surface area contributed by atoms with Crippen LogP contribution in [0.25, 0.3) is 0 Å². The molecule has 1 aromatic heterocycles. The third-order valence-corrected chi connectivity index (χ3v) is 8.11. The van der Waals surface area contributed by atoms with Crippen molar-refractivity contribution in [3.8, 4) is 12.0 Å². The summed E-state index contributed by atoms with van der Waals surface area (Å²) in [6, 6.07) is 0.117. The first kappa shape index (κ1) is 31.8. The lowest BCUT2D eigenvalue weighted by molar-refractivity contribution is 0.276. The van der Waals surface area contributed by atoms with Crippen molar-refractivity contribution in [1.29, 1.82) is 0 Å². The second-order valence-corrected chi connectivity index (χ2v) is 11.8. The van der Waals surface area contributed by atoms with Gasteiger partial charge >= 0.3 is 12.0 Å². The second-order valence-electron chi connectivity index (χ2n) is 11.4. The molecule has 0 unspecified atom stereocenters. The Hall–Kier alpha value is -1.76. The van der Waals surface area contributed by atoms with Gasteiger partial charge < -0.3 is 9.68 Å². The summed E-state index contributed by atoms with van der Waals surface area (Å²) in [6.45, 7) is 0. The number of halogens is 1. The third-order valence-electron chi connectivity index (χ3n) is 7.94. The average Bonchev–Trinajstić information content (AvgIpc) is 2.93. The van der Waals surface area contributed by atoms with Crippen LogP contribution in [0.1, 0.15) is 167 Å². The zero-order valence-corrected chi connectivity index (χ0v) is 25.1. The van der Waals surface area contributed by atoms with Crippen LogP contribution in [0.15, 0.2) is 10.3 Å². The van der Waals surface area contributed by atoms with Crippen molar-refractivity contribution in [3.05, 3.63) is 5.28 Å². The van der Waals surface area contributed by atoms with Gasteiger partial charge in [-0.05, 0) is 63.0 Å². The van der Waals surface area contributed by atoms with E-state index < -0.39 is 0 Å². The second kappa shape index (κ2) is 21.0. The van der Waals surface area contributed by atoms with E-state index >= 15 is 0 Å². The number of oxime groups is 2. The first-order chi connectivity index (χ1) is 19.3. The summed E-state index contributed by atoms with van der Waals surface area (Å²) in [6.07, 6.45) is 32.3. The summed E-state index contributed by atoms with van der Waals surface area (Å²) < 4.78 is 0. The van der Waals surface area contributed by atoms with Crippen LogP contribution < -0.4 is 9.68 Å². The van der Waals surface area contributed by atoms with Gasteiger partial charge in [0.15, 0.2) is 0 Å². The lowest BCUT2D eigenvalue weighted by atomic mass is 10.0. The van der Waals surface area contributed by atoms with Crippen molar-refractivity contribution < 1.29 is 9.68 Å². The van der Waals surface area contributed by atoms with Gasteiger partial charge in [-0.15, -0.1) is 4.98 Å². The minimum absolute atomic E-state index is 0.0208. The third kappa shape index (κ3) is 15.6. The van der Waals surface area contributed by atoms with Gasteiger partial charge in [0.2, 0.25) is 5.28 Å². The SMILES string of the molecule is Clc1nc(ON=C2CCCCCCCCCCCCC2)nc(ON=C2CCCCCCCCCCCCC2)n1. The fourth-order valence-corrected chi connectivity index (χ4v) is 5.68. The van der Waals surface area contributed by atoms with E-state index in [1.165, 1.54) is 116 Å². The standard InChI is InChI=1S/C31H52ClN5O2/c32-29-33-30(38-36-27-23-19-15-11-7-3-1-4-8-12-16-20-24-27)35-31(34-29)39-37-28-25-21-17-13-9-5-2-6-10-14-18-22-26-28/h1-26H2. The van der Waals surface area contributed by atoms with E-state index in [0.717, 1.165) is 62.8 Å². The Kier molecular flexibility index (Phi) is 17.1. The van der Waals surface area contributed by atoms with E-state index in [0.29, 0.717) is 0 Å². The van der Waals surface area contributed by atoms with Crippen molar-refractivity contribution in [2.24, 2.45) is 10.3 Å². The summed E-state index contributed by atoms with van der Waals surface area (Å²) >= 11 is 6.17. The molecule has 0 atom stereocenters. The van der Waals surface area contributed by atoms with Crippen LogP contribution in [0, 0.1) is 0 Å². The van der Waals surface area contributed by atoms with Crippen molar-refractivity contribution in [1.82, 2.24) is 15.0 Å². The monoisotopic (exact) mass is 561 g/mol. The van der Waals surface area contributed by atoms with E-state index in [2.05, 4.69) is 25.3 Å². The maximum absolute atomic E-state index is 6.17. The Morgan fingerprint density at radius 2 is 0.641 bits per heavy atom. The maximum atomic E-state index is 6.17. The molecule has 8 heteroatoms. The highest BCUT2D eigenvalue weighted by atomic mass is 35.5. The molecular formula is C31H52ClN5O2. The topological polar surface area (TPSA) is 81.9 Å². The molecule has 39 heavy (non-hydrogen) atoms. The Labute approximate surface area is 242 Å². The Balaban J connectivity index is 1.56. The number of hydrogen-bond acceptors (Lipinski definition) is 7. The van der Waals surface area contributed by atoms with Crippen molar-refractivity contribution in [2.75, 3.05) is 0 Å². The van der Waals surface area contributed by atoms with Crippen LogP contribution >= 0.6 is 11.6 Å². The molecule has 0 aromatic carbocycles. The molecule has 3 rings (SSSR count). The zero-order valence-electron chi connectivity index (χ0n) is 24.3. The minimum atomic E-state index is 0.0208. The van der Waals surface area contributed by atoms with E-state index in [-0.39, 0.29) is 17.3 Å². The molecule has 2 aliphatic carbocycles. The van der Waals surface area contributed by atoms with Crippen molar-refractivity contribution in [2.45, 2.75) is 167 Å². The van der Waals surface area contributed by atoms with Gasteiger partial charge in [0.05, 0.1) is 11.4 Å². The molecule has 1 heterocycles. The Bertz CT molecular complexity index is 752. The van der Waals surface area contributed by atoms with Gasteiger partial charge in [0.1, 0.15) is 0 Å². The Morgan fingerprint density at radius 1 is 0.385 bits per heavy atom. The van der Waals surface area contributed by atoms with E-state index in [9.17, 15) is 0 Å². The largest absolute Gasteiger partial charge is 0.353 e. The number of nitrogens with zero attached hydrogens (tertiary/aromatic N) is 5. The minimum Gasteiger partial charge on any atom is -0.315 e. The molecule has 2 aliphatic rings. The summed E-state index contributed by atoms with van der Waals surface area (Å²) in [4.78, 5) is 23.8. The predicted octanol–water partition coefficient (Wildman–Crippen LogP) is 10.2. The molecule has 0 aliphatic heterocycles.